The summed E-state index contributed by atoms with van der Waals surface area (Å²) in [7, 11) is 0. The summed E-state index contributed by atoms with van der Waals surface area (Å²) in [5.41, 5.74) is -0.898. The molecule has 222 valence electrons. The first-order chi connectivity index (χ1) is 17.8. The zero-order valence-corrected chi connectivity index (χ0v) is 25.3. The van der Waals surface area contributed by atoms with Crippen molar-refractivity contribution in [2.24, 2.45) is 45.3 Å². The van der Waals surface area contributed by atoms with E-state index in [9.17, 15) is 25.2 Å². The number of rotatable bonds is 3. The quantitative estimate of drug-likeness (QED) is 0.306. The van der Waals surface area contributed by atoms with Crippen LogP contribution in [-0.2, 0) is 14.3 Å². The van der Waals surface area contributed by atoms with E-state index in [4.69, 9.17) is 9.47 Å². The molecule has 4 aliphatic carbocycles. The predicted molar refractivity (Wildman–Crippen MR) is 147 cm³/mol. The highest BCUT2D eigenvalue weighted by Gasteiger charge is 2.69. The Morgan fingerprint density at radius 1 is 1.03 bits per heavy atom. The molecule has 0 unspecified atom stereocenters. The number of carbonyl (C=O) groups is 1. The lowest BCUT2D eigenvalue weighted by Crippen LogP contribution is -2.66. The Hall–Kier alpha value is -0.990. The highest BCUT2D eigenvalue weighted by molar-refractivity contribution is 5.66. The van der Waals surface area contributed by atoms with Gasteiger partial charge in [0.2, 0.25) is 5.79 Å². The number of hydrogen-bond donors (Lipinski definition) is 4. The first-order valence-electron chi connectivity index (χ1n) is 15.2. The minimum absolute atomic E-state index is 0.0295. The summed E-state index contributed by atoms with van der Waals surface area (Å²) in [5, 5.41) is 43.4. The second-order valence-corrected chi connectivity index (χ2v) is 15.6. The monoisotopic (exact) mass is 548 g/mol. The Morgan fingerprint density at radius 2 is 1.69 bits per heavy atom. The van der Waals surface area contributed by atoms with Crippen molar-refractivity contribution in [3.8, 4) is 0 Å². The average Bonchev–Trinajstić information content (AvgIpc) is 3.17. The minimum Gasteiger partial charge on any atom is -0.462 e. The third kappa shape index (κ3) is 3.96. The molecule has 0 bridgehead atoms. The molecule has 4 N–H and O–H groups in total. The lowest BCUT2D eigenvalue weighted by atomic mass is 9.37. The zero-order valence-electron chi connectivity index (χ0n) is 25.3. The van der Waals surface area contributed by atoms with Gasteiger partial charge in [-0.05, 0) is 98.7 Å². The number of fused-ring (bicyclic) bond motifs is 5. The fourth-order valence-electron chi connectivity index (χ4n) is 10.8. The van der Waals surface area contributed by atoms with Crippen molar-refractivity contribution in [3.05, 3.63) is 11.6 Å². The first kappa shape index (κ1) is 29.5. The number of aliphatic hydroxyl groups excluding tert-OH is 2. The van der Waals surface area contributed by atoms with Gasteiger partial charge in [0.05, 0.1) is 12.7 Å². The van der Waals surface area contributed by atoms with Gasteiger partial charge in [0.25, 0.3) is 0 Å². The topological polar surface area (TPSA) is 116 Å². The summed E-state index contributed by atoms with van der Waals surface area (Å²) in [6, 6.07) is 0. The molecule has 0 aromatic carbocycles. The lowest BCUT2D eigenvalue weighted by Gasteiger charge is -2.69. The van der Waals surface area contributed by atoms with Crippen molar-refractivity contribution >= 4 is 5.97 Å². The summed E-state index contributed by atoms with van der Waals surface area (Å²) in [6.45, 7) is 16.2. The third-order valence-corrected chi connectivity index (χ3v) is 12.9. The number of carbonyl (C=O) groups excluding carboxylic acids is 1. The van der Waals surface area contributed by atoms with Crippen LogP contribution >= 0.6 is 0 Å². The fraction of sp³-hybridized carbons (Fsp3) is 0.906. The summed E-state index contributed by atoms with van der Waals surface area (Å²) in [5.74, 6) is -1.42. The van der Waals surface area contributed by atoms with Gasteiger partial charge in [0, 0.05) is 12.3 Å². The molecule has 0 aromatic rings. The van der Waals surface area contributed by atoms with Crippen LogP contribution in [0, 0.1) is 45.3 Å². The maximum Gasteiger partial charge on any atom is 0.302 e. The van der Waals surface area contributed by atoms with Crippen molar-refractivity contribution in [2.45, 2.75) is 130 Å². The number of hydrogen-bond acceptors (Lipinski definition) is 7. The molecule has 1 aliphatic heterocycles. The van der Waals surface area contributed by atoms with Crippen molar-refractivity contribution in [1.29, 1.82) is 0 Å². The smallest absolute Gasteiger partial charge is 0.302 e. The van der Waals surface area contributed by atoms with Gasteiger partial charge in [-0.15, -0.1) is 0 Å². The van der Waals surface area contributed by atoms with Crippen molar-refractivity contribution in [2.75, 3.05) is 6.61 Å². The van der Waals surface area contributed by atoms with Gasteiger partial charge in [-0.3, -0.25) is 4.79 Å². The summed E-state index contributed by atoms with van der Waals surface area (Å²) >= 11 is 0. The van der Waals surface area contributed by atoms with E-state index in [0.29, 0.717) is 12.3 Å². The van der Waals surface area contributed by atoms with Crippen molar-refractivity contribution in [1.82, 2.24) is 0 Å². The SMILES string of the molecule is CC(=O)O[C@@H]1C[C@@H]2C(C)(C)[C@H](O)CC[C@]2(C)[C@@H]2CC[C@]3(C)C(=CC[C@H]3[C@H]3CO[C@](O)(C(C)(C)O)[C@H](O)C3)[C@]12C. The molecule has 0 aromatic heterocycles. The van der Waals surface area contributed by atoms with Crippen LogP contribution in [0.25, 0.3) is 0 Å². The summed E-state index contributed by atoms with van der Waals surface area (Å²) in [4.78, 5) is 12.5. The number of allylic oxidation sites excluding steroid dienone is 1. The molecule has 0 spiro atoms. The molecule has 5 rings (SSSR count). The minimum atomic E-state index is -1.99. The van der Waals surface area contributed by atoms with Crippen molar-refractivity contribution < 1.29 is 34.7 Å². The van der Waals surface area contributed by atoms with Gasteiger partial charge < -0.3 is 29.9 Å². The van der Waals surface area contributed by atoms with Gasteiger partial charge in [-0.2, -0.15) is 0 Å². The number of esters is 1. The fourth-order valence-corrected chi connectivity index (χ4v) is 10.8. The van der Waals surface area contributed by atoms with Gasteiger partial charge in [-0.1, -0.05) is 46.3 Å². The molecule has 4 fully saturated rings. The van der Waals surface area contributed by atoms with Gasteiger partial charge in [0.1, 0.15) is 17.8 Å². The second kappa shape index (κ2) is 9.00. The highest BCUT2D eigenvalue weighted by atomic mass is 16.7. The molecule has 7 heteroatoms. The number of aliphatic hydroxyl groups is 4. The Labute approximate surface area is 234 Å². The van der Waals surface area contributed by atoms with Crippen LogP contribution in [-0.4, -0.2) is 62.7 Å². The largest absolute Gasteiger partial charge is 0.462 e. The van der Waals surface area contributed by atoms with E-state index in [0.717, 1.165) is 38.5 Å². The Balaban J connectivity index is 1.49. The van der Waals surface area contributed by atoms with Crippen LogP contribution in [0.4, 0.5) is 0 Å². The summed E-state index contributed by atoms with van der Waals surface area (Å²) < 4.78 is 12.1. The standard InChI is InChI=1S/C32H52O7/c1-18(33)39-26-16-23-27(2,3)24(34)12-14-30(23,7)22-11-13-29(6)20(9-10-21(29)31(22,26)8)19-15-25(35)32(37,38-17-19)28(4,5)36/h10,19-20,22-26,34-37H,9,11-17H2,1-8H3/t19-,20+,22+,23-,24-,25-,26-,29+,30-,31+,32+/m1/s1. The second-order valence-electron chi connectivity index (χ2n) is 15.6. The number of ether oxygens (including phenoxy) is 2. The molecule has 1 heterocycles. The van der Waals surface area contributed by atoms with Crippen LogP contribution in [0.15, 0.2) is 11.6 Å². The Kier molecular flexibility index (Phi) is 6.81. The molecule has 3 saturated carbocycles. The Morgan fingerprint density at radius 3 is 2.28 bits per heavy atom. The molecular formula is C32H52O7. The maximum absolute atomic E-state index is 12.5. The maximum atomic E-state index is 12.5. The van der Waals surface area contributed by atoms with Gasteiger partial charge in [-0.25, -0.2) is 0 Å². The first-order valence-corrected chi connectivity index (χ1v) is 15.2. The van der Waals surface area contributed by atoms with Crippen LogP contribution in [0.5, 0.6) is 0 Å². The molecule has 1 saturated heterocycles. The van der Waals surface area contributed by atoms with Crippen LogP contribution < -0.4 is 0 Å². The van der Waals surface area contributed by atoms with E-state index >= 15 is 0 Å². The van der Waals surface area contributed by atoms with Crippen molar-refractivity contribution in [3.63, 3.8) is 0 Å². The van der Waals surface area contributed by atoms with Crippen LogP contribution in [0.3, 0.4) is 0 Å². The van der Waals surface area contributed by atoms with Gasteiger partial charge >= 0.3 is 5.97 Å². The summed E-state index contributed by atoms with van der Waals surface area (Å²) in [6.07, 6.45) is 6.34. The third-order valence-electron chi connectivity index (χ3n) is 12.9. The lowest BCUT2D eigenvalue weighted by molar-refractivity contribution is -0.353. The van der Waals surface area contributed by atoms with E-state index < -0.39 is 17.5 Å². The molecular weight excluding hydrogens is 496 g/mol. The van der Waals surface area contributed by atoms with Gasteiger partial charge in [0.15, 0.2) is 0 Å². The van der Waals surface area contributed by atoms with Crippen LogP contribution in [0.2, 0.25) is 0 Å². The molecule has 11 atom stereocenters. The van der Waals surface area contributed by atoms with E-state index in [2.05, 4.69) is 40.7 Å². The predicted octanol–water partition coefficient (Wildman–Crippen LogP) is 4.35. The molecule has 5 aliphatic rings. The van der Waals surface area contributed by atoms with E-state index in [1.54, 1.807) is 0 Å². The normalized spacial score (nSPS) is 51.3. The van der Waals surface area contributed by atoms with E-state index in [-0.39, 0.29) is 64.2 Å². The van der Waals surface area contributed by atoms with E-state index in [1.807, 2.05) is 0 Å². The molecule has 7 nitrogen and oxygen atoms in total. The molecule has 39 heavy (non-hydrogen) atoms. The zero-order chi connectivity index (χ0) is 29.0. The molecule has 0 radical (unpaired) electrons. The highest BCUT2D eigenvalue weighted by Crippen LogP contribution is 2.73. The van der Waals surface area contributed by atoms with E-state index in [1.165, 1.54) is 26.3 Å². The molecule has 0 amide bonds. The average molecular weight is 549 g/mol. The Bertz CT molecular complexity index is 1030. The van der Waals surface area contributed by atoms with Crippen LogP contribution in [0.1, 0.15) is 100 Å².